The van der Waals surface area contributed by atoms with E-state index in [-0.39, 0.29) is 11.4 Å². The molecule has 128 valence electrons. The Hall–Kier alpha value is -2.25. The van der Waals surface area contributed by atoms with Gasteiger partial charge in [0.1, 0.15) is 18.1 Å². The number of nitrogens with zero attached hydrogens (tertiary/aromatic N) is 1. The van der Waals surface area contributed by atoms with E-state index in [4.69, 9.17) is 9.47 Å². The van der Waals surface area contributed by atoms with Crippen molar-refractivity contribution in [3.05, 3.63) is 48.0 Å². The summed E-state index contributed by atoms with van der Waals surface area (Å²) in [6, 6.07) is 12.2. The highest BCUT2D eigenvalue weighted by Gasteiger charge is 2.20. The van der Waals surface area contributed by atoms with Crippen LogP contribution in [0.4, 0.5) is 5.69 Å². The highest BCUT2D eigenvalue weighted by atomic mass is 32.2. The van der Waals surface area contributed by atoms with Crippen LogP contribution in [0.1, 0.15) is 5.56 Å². The van der Waals surface area contributed by atoms with Crippen molar-refractivity contribution in [3.63, 3.8) is 0 Å². The van der Waals surface area contributed by atoms with Crippen LogP contribution >= 0.6 is 0 Å². The van der Waals surface area contributed by atoms with Crippen molar-refractivity contribution in [2.45, 2.75) is 11.4 Å². The van der Waals surface area contributed by atoms with Crippen LogP contribution in [0.3, 0.4) is 0 Å². The Morgan fingerprint density at radius 2 is 2.04 bits per heavy atom. The molecule has 0 aliphatic carbocycles. The molecule has 0 amide bonds. The lowest BCUT2D eigenvalue weighted by atomic mass is 10.2. The minimum atomic E-state index is -3.64. The number of rotatable bonds is 5. The minimum Gasteiger partial charge on any atom is -0.496 e. The number of benzene rings is 2. The summed E-state index contributed by atoms with van der Waals surface area (Å²) in [6.45, 7) is 1.48. The molecule has 1 N–H and O–H groups in total. The Kier molecular flexibility index (Phi) is 4.64. The van der Waals surface area contributed by atoms with Gasteiger partial charge >= 0.3 is 0 Å². The van der Waals surface area contributed by atoms with Gasteiger partial charge in [0.2, 0.25) is 10.0 Å². The Morgan fingerprint density at radius 3 is 2.83 bits per heavy atom. The van der Waals surface area contributed by atoms with E-state index in [2.05, 4.69) is 4.72 Å². The van der Waals surface area contributed by atoms with Crippen LogP contribution in [-0.4, -0.2) is 35.7 Å². The zero-order valence-electron chi connectivity index (χ0n) is 13.7. The average molecular weight is 348 g/mol. The van der Waals surface area contributed by atoms with Crippen molar-refractivity contribution in [1.82, 2.24) is 4.72 Å². The van der Waals surface area contributed by atoms with E-state index < -0.39 is 10.0 Å². The van der Waals surface area contributed by atoms with Crippen molar-refractivity contribution in [3.8, 4) is 11.5 Å². The van der Waals surface area contributed by atoms with E-state index in [9.17, 15) is 8.42 Å². The molecule has 0 unspecified atom stereocenters. The number of methoxy groups -OCH3 is 1. The smallest absolute Gasteiger partial charge is 0.241 e. The van der Waals surface area contributed by atoms with Gasteiger partial charge in [-0.05, 0) is 18.2 Å². The molecule has 0 aromatic heterocycles. The maximum Gasteiger partial charge on any atom is 0.241 e. The molecular weight excluding hydrogens is 328 g/mol. The van der Waals surface area contributed by atoms with Crippen LogP contribution < -0.4 is 19.1 Å². The number of anilines is 1. The van der Waals surface area contributed by atoms with Gasteiger partial charge in [-0.15, -0.1) is 0 Å². The molecule has 1 aliphatic rings. The molecular formula is C17H20N2O4S. The van der Waals surface area contributed by atoms with E-state index in [0.717, 1.165) is 17.8 Å². The van der Waals surface area contributed by atoms with Crippen molar-refractivity contribution in [2.24, 2.45) is 0 Å². The van der Waals surface area contributed by atoms with Crippen LogP contribution in [0, 0.1) is 0 Å². The van der Waals surface area contributed by atoms with Crippen LogP contribution in [0.5, 0.6) is 11.5 Å². The van der Waals surface area contributed by atoms with Crippen molar-refractivity contribution < 1.29 is 17.9 Å². The zero-order chi connectivity index (χ0) is 17.2. The van der Waals surface area contributed by atoms with Gasteiger partial charge in [0, 0.05) is 25.2 Å². The van der Waals surface area contributed by atoms with Gasteiger partial charge in [-0.25, -0.2) is 13.1 Å². The summed E-state index contributed by atoms with van der Waals surface area (Å²) in [4.78, 5) is 2.23. The molecule has 0 saturated heterocycles. The molecule has 24 heavy (non-hydrogen) atoms. The predicted molar refractivity (Wildman–Crippen MR) is 92.2 cm³/mol. The van der Waals surface area contributed by atoms with E-state index in [1.54, 1.807) is 31.4 Å². The summed E-state index contributed by atoms with van der Waals surface area (Å²) in [6.07, 6.45) is 0. The second kappa shape index (κ2) is 6.70. The molecule has 0 atom stereocenters. The number of sulfonamides is 1. The Labute approximate surface area is 142 Å². The fraction of sp³-hybridized carbons (Fsp3) is 0.294. The number of likely N-dealkylation sites (N-methyl/N-ethyl adjacent to an activating group) is 1. The van der Waals surface area contributed by atoms with Gasteiger partial charge in [-0.1, -0.05) is 18.2 Å². The first-order chi connectivity index (χ1) is 11.5. The van der Waals surface area contributed by atoms with E-state index in [0.29, 0.717) is 18.1 Å². The predicted octanol–water partition coefficient (Wildman–Crippen LogP) is 2.00. The van der Waals surface area contributed by atoms with Crippen molar-refractivity contribution >= 4 is 15.7 Å². The molecule has 0 saturated carbocycles. The van der Waals surface area contributed by atoms with E-state index in [1.807, 2.05) is 30.1 Å². The summed E-state index contributed by atoms with van der Waals surface area (Å²) in [5.41, 5.74) is 1.67. The number of hydrogen-bond donors (Lipinski definition) is 1. The zero-order valence-corrected chi connectivity index (χ0v) is 14.5. The van der Waals surface area contributed by atoms with Gasteiger partial charge in [-0.3, -0.25) is 0 Å². The molecule has 0 radical (unpaired) electrons. The van der Waals surface area contributed by atoms with Gasteiger partial charge in [0.05, 0.1) is 24.2 Å². The second-order valence-electron chi connectivity index (χ2n) is 5.54. The monoisotopic (exact) mass is 348 g/mol. The van der Waals surface area contributed by atoms with Gasteiger partial charge < -0.3 is 14.4 Å². The standard InChI is InChI=1S/C17H20N2O4S/c1-19-9-10-23-17-11-14(7-8-15(17)19)24(20,21)18-12-13-5-3-4-6-16(13)22-2/h3-8,11,18H,9-10,12H2,1-2H3. The van der Waals surface area contributed by atoms with Gasteiger partial charge in [-0.2, -0.15) is 0 Å². The van der Waals surface area contributed by atoms with Crippen LogP contribution in [0.2, 0.25) is 0 Å². The first-order valence-electron chi connectivity index (χ1n) is 7.61. The Balaban J connectivity index is 1.81. The highest BCUT2D eigenvalue weighted by molar-refractivity contribution is 7.89. The molecule has 0 bridgehead atoms. The number of nitrogens with one attached hydrogen (secondary N) is 1. The second-order valence-corrected chi connectivity index (χ2v) is 7.30. The SMILES string of the molecule is COc1ccccc1CNS(=O)(=O)c1ccc2c(c1)OCCN2C. The molecule has 2 aromatic rings. The summed E-state index contributed by atoms with van der Waals surface area (Å²) < 4.78 is 38.5. The van der Waals surface area contributed by atoms with Crippen LogP contribution in [0.15, 0.2) is 47.4 Å². The first kappa shape index (κ1) is 16.6. The third-order valence-corrected chi connectivity index (χ3v) is 5.38. The lowest BCUT2D eigenvalue weighted by molar-refractivity contribution is 0.310. The molecule has 6 nitrogen and oxygen atoms in total. The summed E-state index contributed by atoms with van der Waals surface area (Å²) in [5, 5.41) is 0. The summed E-state index contributed by atoms with van der Waals surface area (Å²) >= 11 is 0. The molecule has 1 aliphatic heterocycles. The van der Waals surface area contributed by atoms with Crippen molar-refractivity contribution in [2.75, 3.05) is 32.2 Å². The highest BCUT2D eigenvalue weighted by Crippen LogP contribution is 2.32. The largest absolute Gasteiger partial charge is 0.496 e. The Bertz CT molecular complexity index is 836. The third kappa shape index (κ3) is 3.32. The molecule has 0 fully saturated rings. The first-order valence-corrected chi connectivity index (χ1v) is 9.09. The molecule has 0 spiro atoms. The van der Waals surface area contributed by atoms with Crippen molar-refractivity contribution in [1.29, 1.82) is 0 Å². The maximum atomic E-state index is 12.6. The quantitative estimate of drug-likeness (QED) is 0.895. The lowest BCUT2D eigenvalue weighted by Gasteiger charge is -2.27. The fourth-order valence-corrected chi connectivity index (χ4v) is 3.63. The molecule has 2 aromatic carbocycles. The number of fused-ring (bicyclic) bond motifs is 1. The minimum absolute atomic E-state index is 0.157. The third-order valence-electron chi connectivity index (χ3n) is 3.98. The summed E-state index contributed by atoms with van der Waals surface area (Å²) in [5.74, 6) is 1.24. The van der Waals surface area contributed by atoms with Crippen LogP contribution in [-0.2, 0) is 16.6 Å². The normalized spacial score (nSPS) is 14.0. The number of para-hydroxylation sites is 1. The van der Waals surface area contributed by atoms with Gasteiger partial charge in [0.15, 0.2) is 0 Å². The topological polar surface area (TPSA) is 67.9 Å². The maximum absolute atomic E-state index is 12.6. The molecule has 1 heterocycles. The molecule has 3 rings (SSSR count). The fourth-order valence-electron chi connectivity index (χ4n) is 2.61. The Morgan fingerprint density at radius 1 is 1.25 bits per heavy atom. The average Bonchev–Trinajstić information content (AvgIpc) is 2.60. The summed E-state index contributed by atoms with van der Waals surface area (Å²) in [7, 11) is -0.124. The van der Waals surface area contributed by atoms with E-state index >= 15 is 0 Å². The molecule has 7 heteroatoms. The van der Waals surface area contributed by atoms with Crippen LogP contribution in [0.25, 0.3) is 0 Å². The number of ether oxygens (including phenoxy) is 2. The lowest BCUT2D eigenvalue weighted by Crippen LogP contribution is -2.29. The van der Waals surface area contributed by atoms with Gasteiger partial charge in [0.25, 0.3) is 0 Å². The number of hydrogen-bond acceptors (Lipinski definition) is 5. The van der Waals surface area contributed by atoms with E-state index in [1.165, 1.54) is 0 Å².